The smallest absolute Gasteiger partial charge is 0.423 e. The van der Waals surface area contributed by atoms with Crippen LogP contribution in [0.25, 0.3) is 0 Å². The van der Waals surface area contributed by atoms with E-state index < -0.39 is 7.12 Å². The number of benzene rings is 1. The number of aliphatic hydroxyl groups is 1. The molecule has 0 radical (unpaired) electrons. The van der Waals surface area contributed by atoms with Crippen LogP contribution >= 0.6 is 0 Å². The Morgan fingerprint density at radius 3 is 3.00 bits per heavy atom. The molecule has 0 atom stereocenters. The molecule has 23 heavy (non-hydrogen) atoms. The molecule has 0 amide bonds. The Balaban J connectivity index is 1.81. The van der Waals surface area contributed by atoms with Crippen LogP contribution in [0.5, 0.6) is 0 Å². The molecule has 1 aromatic carbocycles. The summed E-state index contributed by atoms with van der Waals surface area (Å²) in [6, 6.07) is 11.0. The third kappa shape index (κ3) is 3.27. The van der Waals surface area contributed by atoms with Crippen LogP contribution in [0.15, 0.2) is 30.3 Å². The van der Waals surface area contributed by atoms with Crippen molar-refractivity contribution in [3.8, 4) is 6.07 Å². The molecule has 0 saturated carbocycles. The minimum absolute atomic E-state index is 0.0443. The molecule has 0 aliphatic carbocycles. The molecule has 0 spiro atoms. The summed E-state index contributed by atoms with van der Waals surface area (Å²) in [5.74, 6) is 0.996. The molecule has 1 aliphatic heterocycles. The summed E-state index contributed by atoms with van der Waals surface area (Å²) in [6.07, 6.45) is 0. The van der Waals surface area contributed by atoms with Gasteiger partial charge in [-0.1, -0.05) is 6.07 Å². The molecule has 4 N–H and O–H groups in total. The SMILES string of the molecule is N#Cc1ccc(Nc2ccc3c(c2)COB3O)nc1NCCO. The van der Waals surface area contributed by atoms with Crippen LogP contribution in [0.2, 0.25) is 0 Å². The first kappa shape index (κ1) is 15.3. The molecule has 8 heteroatoms. The Morgan fingerprint density at radius 1 is 1.35 bits per heavy atom. The standard InChI is InChI=1S/C15H15BN4O3/c17-8-10-1-4-14(20-15(10)18-5-6-21)19-12-2-3-13-11(7-12)9-23-16(13)22/h1-4,7,21-22H,5-6,9H2,(H2,18,19,20). The van der Waals surface area contributed by atoms with Crippen molar-refractivity contribution in [1.29, 1.82) is 5.26 Å². The monoisotopic (exact) mass is 310 g/mol. The van der Waals surface area contributed by atoms with E-state index in [1.54, 1.807) is 12.1 Å². The van der Waals surface area contributed by atoms with Crippen molar-refractivity contribution < 1.29 is 14.8 Å². The average molecular weight is 310 g/mol. The first-order chi connectivity index (χ1) is 11.2. The van der Waals surface area contributed by atoms with Crippen LogP contribution in [0, 0.1) is 11.3 Å². The van der Waals surface area contributed by atoms with E-state index in [0.29, 0.717) is 30.4 Å². The second-order valence-electron chi connectivity index (χ2n) is 5.06. The van der Waals surface area contributed by atoms with E-state index in [0.717, 1.165) is 16.7 Å². The van der Waals surface area contributed by atoms with Gasteiger partial charge in [0.1, 0.15) is 17.7 Å². The first-order valence-electron chi connectivity index (χ1n) is 7.16. The minimum atomic E-state index is -0.860. The van der Waals surface area contributed by atoms with Crippen molar-refractivity contribution in [2.75, 3.05) is 23.8 Å². The van der Waals surface area contributed by atoms with Gasteiger partial charge in [0, 0.05) is 12.2 Å². The zero-order valence-electron chi connectivity index (χ0n) is 12.3. The molecular formula is C15H15BN4O3. The lowest BCUT2D eigenvalue weighted by Gasteiger charge is -2.11. The zero-order chi connectivity index (χ0) is 16.2. The van der Waals surface area contributed by atoms with Crippen molar-refractivity contribution >= 4 is 29.9 Å². The van der Waals surface area contributed by atoms with E-state index in [1.807, 2.05) is 18.2 Å². The number of rotatable bonds is 5. The number of aliphatic hydroxyl groups excluding tert-OH is 1. The second-order valence-corrected chi connectivity index (χ2v) is 5.06. The van der Waals surface area contributed by atoms with Gasteiger partial charge in [-0.3, -0.25) is 0 Å². The second kappa shape index (κ2) is 6.66. The Bertz CT molecular complexity index is 763. The molecule has 0 bridgehead atoms. The fourth-order valence-corrected chi connectivity index (χ4v) is 2.38. The van der Waals surface area contributed by atoms with Crippen molar-refractivity contribution in [2.24, 2.45) is 0 Å². The van der Waals surface area contributed by atoms with Crippen LogP contribution < -0.4 is 16.1 Å². The number of nitriles is 1. The van der Waals surface area contributed by atoms with Gasteiger partial charge in [0.25, 0.3) is 0 Å². The number of hydrogen-bond acceptors (Lipinski definition) is 7. The van der Waals surface area contributed by atoms with E-state index in [4.69, 9.17) is 15.0 Å². The third-order valence-corrected chi connectivity index (χ3v) is 3.50. The molecule has 7 nitrogen and oxygen atoms in total. The van der Waals surface area contributed by atoms with Crippen LogP contribution in [0.4, 0.5) is 17.3 Å². The lowest BCUT2D eigenvalue weighted by atomic mass is 9.79. The molecule has 2 aromatic rings. The molecule has 0 fully saturated rings. The van der Waals surface area contributed by atoms with Crippen molar-refractivity contribution in [1.82, 2.24) is 4.98 Å². The number of aromatic nitrogens is 1. The normalized spacial score (nSPS) is 12.7. The summed E-state index contributed by atoms with van der Waals surface area (Å²) >= 11 is 0. The summed E-state index contributed by atoms with van der Waals surface area (Å²) in [5, 5.41) is 33.7. The summed E-state index contributed by atoms with van der Waals surface area (Å²) in [7, 11) is -0.860. The predicted molar refractivity (Wildman–Crippen MR) is 86.6 cm³/mol. The summed E-state index contributed by atoms with van der Waals surface area (Å²) in [4.78, 5) is 4.35. The first-order valence-corrected chi connectivity index (χ1v) is 7.16. The highest BCUT2D eigenvalue weighted by atomic mass is 16.5. The van der Waals surface area contributed by atoms with Gasteiger partial charge in [-0.15, -0.1) is 0 Å². The molecule has 2 heterocycles. The van der Waals surface area contributed by atoms with Gasteiger partial charge >= 0.3 is 7.12 Å². The number of fused-ring (bicyclic) bond motifs is 1. The van der Waals surface area contributed by atoms with E-state index >= 15 is 0 Å². The zero-order valence-corrected chi connectivity index (χ0v) is 12.3. The highest BCUT2D eigenvalue weighted by Crippen LogP contribution is 2.21. The predicted octanol–water partition coefficient (Wildman–Crippen LogP) is 0.319. The van der Waals surface area contributed by atoms with E-state index in [2.05, 4.69) is 21.7 Å². The van der Waals surface area contributed by atoms with Gasteiger partial charge in [0.15, 0.2) is 0 Å². The Labute approximate surface area is 133 Å². The van der Waals surface area contributed by atoms with Crippen molar-refractivity contribution in [3.05, 3.63) is 41.5 Å². The Morgan fingerprint density at radius 2 is 2.22 bits per heavy atom. The lowest BCUT2D eigenvalue weighted by Crippen LogP contribution is -2.27. The lowest BCUT2D eigenvalue weighted by molar-refractivity contribution is 0.275. The minimum Gasteiger partial charge on any atom is -0.423 e. The molecule has 0 saturated heterocycles. The molecule has 116 valence electrons. The van der Waals surface area contributed by atoms with Crippen molar-refractivity contribution in [2.45, 2.75) is 6.61 Å². The van der Waals surface area contributed by atoms with Crippen LogP contribution in [0.1, 0.15) is 11.1 Å². The molecule has 1 aliphatic rings. The Kier molecular flexibility index (Phi) is 4.44. The van der Waals surface area contributed by atoms with Gasteiger partial charge in [-0.25, -0.2) is 4.98 Å². The topological polar surface area (TPSA) is 110 Å². The molecular weight excluding hydrogens is 295 g/mol. The van der Waals surface area contributed by atoms with Crippen molar-refractivity contribution in [3.63, 3.8) is 0 Å². The number of nitrogens with zero attached hydrogens (tertiary/aromatic N) is 2. The molecule has 3 rings (SSSR count). The number of nitrogens with one attached hydrogen (secondary N) is 2. The third-order valence-electron chi connectivity index (χ3n) is 3.50. The van der Waals surface area contributed by atoms with Crippen LogP contribution in [-0.2, 0) is 11.3 Å². The van der Waals surface area contributed by atoms with Gasteiger partial charge < -0.3 is 25.4 Å². The fourth-order valence-electron chi connectivity index (χ4n) is 2.38. The van der Waals surface area contributed by atoms with E-state index in [9.17, 15) is 5.02 Å². The number of pyridine rings is 1. The Hall–Kier alpha value is -2.60. The number of anilines is 3. The highest BCUT2D eigenvalue weighted by molar-refractivity contribution is 6.61. The van der Waals surface area contributed by atoms with Gasteiger partial charge in [0.05, 0.1) is 18.8 Å². The van der Waals surface area contributed by atoms with Gasteiger partial charge in [-0.05, 0) is 35.3 Å². The fraction of sp³-hybridized carbons (Fsp3) is 0.200. The van der Waals surface area contributed by atoms with Crippen LogP contribution in [0.3, 0.4) is 0 Å². The average Bonchev–Trinajstić information content (AvgIpc) is 2.94. The highest BCUT2D eigenvalue weighted by Gasteiger charge is 2.26. The van der Waals surface area contributed by atoms with Crippen LogP contribution in [-0.4, -0.2) is 35.4 Å². The number of hydrogen-bond donors (Lipinski definition) is 4. The van der Waals surface area contributed by atoms with Gasteiger partial charge in [-0.2, -0.15) is 5.26 Å². The quantitative estimate of drug-likeness (QED) is 0.589. The summed E-state index contributed by atoms with van der Waals surface area (Å²) < 4.78 is 5.16. The maximum absolute atomic E-state index is 9.62. The van der Waals surface area contributed by atoms with Gasteiger partial charge in [0.2, 0.25) is 0 Å². The molecule has 0 unspecified atom stereocenters. The summed E-state index contributed by atoms with van der Waals surface area (Å²) in [5.41, 5.74) is 2.92. The maximum Gasteiger partial charge on any atom is 0.491 e. The molecule has 1 aromatic heterocycles. The largest absolute Gasteiger partial charge is 0.491 e. The maximum atomic E-state index is 9.62. The summed E-state index contributed by atoms with van der Waals surface area (Å²) in [6.45, 7) is 0.646. The van der Waals surface area contributed by atoms with E-state index in [1.165, 1.54) is 0 Å². The van der Waals surface area contributed by atoms with E-state index in [-0.39, 0.29) is 6.61 Å².